The summed E-state index contributed by atoms with van der Waals surface area (Å²) in [6.07, 6.45) is 0. The molecule has 1 amide bonds. The number of carbonyl (C=O) groups excluding carboxylic acids is 1. The predicted molar refractivity (Wildman–Crippen MR) is 136 cm³/mol. The second-order valence-electron chi connectivity index (χ2n) is 6.76. The normalized spacial score (nSPS) is 11.6. The highest BCUT2D eigenvalue weighted by Gasteiger charge is 2.10. The minimum absolute atomic E-state index is 0.207. The maximum absolute atomic E-state index is 12.2. The van der Waals surface area contributed by atoms with Gasteiger partial charge in [0.05, 0.1) is 11.5 Å². The fourth-order valence-electron chi connectivity index (χ4n) is 2.99. The summed E-state index contributed by atoms with van der Waals surface area (Å²) in [6.45, 7) is 1.80. The summed E-state index contributed by atoms with van der Waals surface area (Å²) in [5, 5.41) is 15.7. The molecule has 0 bridgehead atoms. The van der Waals surface area contributed by atoms with Crippen molar-refractivity contribution in [3.05, 3.63) is 82.9 Å². The third-order valence-corrected chi connectivity index (χ3v) is 8.13. The number of rotatable bonds is 8. The highest BCUT2D eigenvalue weighted by atomic mass is 35.5. The largest absolute Gasteiger partial charge is 0.272 e. The zero-order valence-corrected chi connectivity index (χ0v) is 20.3. The molecule has 4 aromatic rings. The Morgan fingerprint density at radius 1 is 1.00 bits per heavy atom. The molecule has 32 heavy (non-hydrogen) atoms. The van der Waals surface area contributed by atoms with Gasteiger partial charge in [-0.2, -0.15) is 5.10 Å². The molecule has 3 aromatic carbocycles. The minimum Gasteiger partial charge on any atom is -0.272 e. The number of hydrazone groups is 1. The fraction of sp³-hybridized carbons (Fsp3) is 0.130. The van der Waals surface area contributed by atoms with Crippen molar-refractivity contribution in [2.75, 3.05) is 5.75 Å². The first-order chi connectivity index (χ1) is 15.6. The molecular weight excluding hydrogens is 480 g/mol. The average molecular weight is 499 g/mol. The van der Waals surface area contributed by atoms with Gasteiger partial charge in [0, 0.05) is 16.3 Å². The predicted octanol–water partition coefficient (Wildman–Crippen LogP) is 6.27. The fourth-order valence-corrected chi connectivity index (χ4v) is 6.08. The number of aromatic nitrogens is 2. The third kappa shape index (κ3) is 5.89. The summed E-state index contributed by atoms with van der Waals surface area (Å²) in [6, 6.07) is 22.1. The van der Waals surface area contributed by atoms with E-state index in [4.69, 9.17) is 11.6 Å². The Morgan fingerprint density at radius 2 is 1.72 bits per heavy atom. The molecule has 9 heteroatoms. The van der Waals surface area contributed by atoms with E-state index in [-0.39, 0.29) is 11.7 Å². The Hall–Kier alpha value is -2.39. The van der Waals surface area contributed by atoms with E-state index in [1.165, 1.54) is 39.4 Å². The van der Waals surface area contributed by atoms with Crippen molar-refractivity contribution >= 4 is 68.9 Å². The number of hydrogen-bond donors (Lipinski definition) is 1. The first-order valence-electron chi connectivity index (χ1n) is 9.74. The molecule has 162 valence electrons. The molecule has 0 saturated carbocycles. The molecule has 0 fully saturated rings. The summed E-state index contributed by atoms with van der Waals surface area (Å²) in [5.74, 6) is 0.820. The number of fused-ring (bicyclic) bond motifs is 1. The van der Waals surface area contributed by atoms with Crippen LogP contribution in [0.1, 0.15) is 18.1 Å². The van der Waals surface area contributed by atoms with Crippen LogP contribution >= 0.6 is 46.5 Å². The van der Waals surface area contributed by atoms with E-state index in [1.54, 1.807) is 24.8 Å². The van der Waals surface area contributed by atoms with Crippen molar-refractivity contribution in [2.45, 2.75) is 21.4 Å². The van der Waals surface area contributed by atoms with Crippen LogP contribution in [0.3, 0.4) is 0 Å². The smallest absolute Gasteiger partial charge is 0.250 e. The van der Waals surface area contributed by atoms with Crippen LogP contribution in [0.4, 0.5) is 0 Å². The number of nitrogens with zero attached hydrogens (tertiary/aromatic N) is 3. The van der Waals surface area contributed by atoms with E-state index >= 15 is 0 Å². The number of amides is 1. The van der Waals surface area contributed by atoms with E-state index in [1.807, 2.05) is 24.3 Å². The molecule has 0 aliphatic heterocycles. The Balaban J connectivity index is 1.28. The van der Waals surface area contributed by atoms with Gasteiger partial charge in [-0.3, -0.25) is 4.79 Å². The number of halogens is 1. The van der Waals surface area contributed by atoms with Gasteiger partial charge in [0.25, 0.3) is 5.91 Å². The SMILES string of the molecule is C/C(=N\NC(=O)CSc1nnc(SCc2cccc3ccccc23)s1)c1ccccc1Cl. The van der Waals surface area contributed by atoms with Gasteiger partial charge in [0.2, 0.25) is 0 Å². The summed E-state index contributed by atoms with van der Waals surface area (Å²) in [5.41, 5.74) is 5.28. The first-order valence-corrected chi connectivity index (χ1v) is 12.9. The first kappa shape index (κ1) is 22.8. The van der Waals surface area contributed by atoms with E-state index in [0.29, 0.717) is 10.7 Å². The van der Waals surface area contributed by atoms with Gasteiger partial charge in [-0.1, -0.05) is 107 Å². The Bertz CT molecular complexity index is 1270. The third-order valence-electron chi connectivity index (χ3n) is 4.56. The maximum Gasteiger partial charge on any atom is 0.250 e. The van der Waals surface area contributed by atoms with Crippen LogP contribution < -0.4 is 5.43 Å². The van der Waals surface area contributed by atoms with Crippen molar-refractivity contribution in [2.24, 2.45) is 5.10 Å². The molecule has 0 aliphatic rings. The van der Waals surface area contributed by atoms with E-state index < -0.39 is 0 Å². The van der Waals surface area contributed by atoms with Crippen LogP contribution in [0.15, 0.2) is 80.5 Å². The van der Waals surface area contributed by atoms with Crippen LogP contribution in [0.25, 0.3) is 10.8 Å². The lowest BCUT2D eigenvalue weighted by Gasteiger charge is -2.04. The molecule has 4 rings (SSSR count). The maximum atomic E-state index is 12.2. The molecule has 0 spiro atoms. The summed E-state index contributed by atoms with van der Waals surface area (Å²) in [7, 11) is 0. The summed E-state index contributed by atoms with van der Waals surface area (Å²) in [4.78, 5) is 12.2. The van der Waals surface area contributed by atoms with Gasteiger partial charge >= 0.3 is 0 Å². The van der Waals surface area contributed by atoms with Crippen molar-refractivity contribution < 1.29 is 4.79 Å². The molecule has 5 nitrogen and oxygen atoms in total. The van der Waals surface area contributed by atoms with Crippen molar-refractivity contribution in [3.8, 4) is 0 Å². The van der Waals surface area contributed by atoms with Gasteiger partial charge in [-0.25, -0.2) is 5.43 Å². The van der Waals surface area contributed by atoms with Crippen molar-refractivity contribution in [1.82, 2.24) is 15.6 Å². The molecule has 1 aromatic heterocycles. The highest BCUT2D eigenvalue weighted by molar-refractivity contribution is 8.03. The number of thioether (sulfide) groups is 2. The molecule has 0 atom stereocenters. The minimum atomic E-state index is -0.207. The second kappa shape index (κ2) is 11.0. The monoisotopic (exact) mass is 498 g/mol. The van der Waals surface area contributed by atoms with Crippen LogP contribution in [0.2, 0.25) is 5.02 Å². The van der Waals surface area contributed by atoms with E-state index in [0.717, 1.165) is 20.0 Å². The van der Waals surface area contributed by atoms with Gasteiger partial charge in [-0.05, 0) is 29.3 Å². The van der Waals surface area contributed by atoms with Gasteiger partial charge < -0.3 is 0 Å². The lowest BCUT2D eigenvalue weighted by atomic mass is 10.1. The zero-order chi connectivity index (χ0) is 22.3. The number of hydrogen-bond acceptors (Lipinski definition) is 7. The summed E-state index contributed by atoms with van der Waals surface area (Å²) < 4.78 is 1.64. The molecule has 0 unspecified atom stereocenters. The van der Waals surface area contributed by atoms with Crippen molar-refractivity contribution in [1.29, 1.82) is 0 Å². The van der Waals surface area contributed by atoms with Crippen LogP contribution in [0, 0.1) is 0 Å². The van der Waals surface area contributed by atoms with Gasteiger partial charge in [-0.15, -0.1) is 10.2 Å². The standard InChI is InChI=1S/C23H19ClN4OS3/c1-15(18-10-4-5-12-20(18)24)25-26-21(29)14-31-23-28-27-22(32-23)30-13-17-9-6-8-16-7-2-3-11-19(16)17/h2-12H,13-14H2,1H3,(H,26,29)/b25-15+. The number of benzene rings is 3. The Morgan fingerprint density at radius 3 is 2.56 bits per heavy atom. The van der Waals surface area contributed by atoms with Gasteiger partial charge in [0.1, 0.15) is 0 Å². The molecule has 0 radical (unpaired) electrons. The number of carbonyl (C=O) groups is 1. The highest BCUT2D eigenvalue weighted by Crippen LogP contribution is 2.32. The van der Waals surface area contributed by atoms with Crippen molar-refractivity contribution in [3.63, 3.8) is 0 Å². The zero-order valence-electron chi connectivity index (χ0n) is 17.1. The lowest BCUT2D eigenvalue weighted by molar-refractivity contribution is -0.118. The van der Waals surface area contributed by atoms with Crippen LogP contribution in [-0.4, -0.2) is 27.6 Å². The Labute approximate surface area is 203 Å². The van der Waals surface area contributed by atoms with E-state index in [9.17, 15) is 4.79 Å². The van der Waals surface area contributed by atoms with E-state index in [2.05, 4.69) is 57.1 Å². The molecule has 0 saturated heterocycles. The molecule has 0 aliphatic carbocycles. The van der Waals surface area contributed by atoms with Crippen LogP contribution in [-0.2, 0) is 10.5 Å². The topological polar surface area (TPSA) is 67.2 Å². The Kier molecular flexibility index (Phi) is 7.81. The molecule has 1 heterocycles. The van der Waals surface area contributed by atoms with Crippen LogP contribution in [0.5, 0.6) is 0 Å². The molecular formula is C23H19ClN4OS3. The quantitative estimate of drug-likeness (QED) is 0.176. The molecule has 1 N–H and O–H groups in total. The number of nitrogens with one attached hydrogen (secondary N) is 1. The average Bonchev–Trinajstić information content (AvgIpc) is 3.28. The van der Waals surface area contributed by atoms with Gasteiger partial charge in [0.15, 0.2) is 8.68 Å². The summed E-state index contributed by atoms with van der Waals surface area (Å²) >= 11 is 10.7. The second-order valence-corrected chi connectivity index (χ2v) is 10.6. The lowest BCUT2D eigenvalue weighted by Crippen LogP contribution is -2.21.